The van der Waals surface area contributed by atoms with E-state index in [2.05, 4.69) is 55.5 Å². The van der Waals surface area contributed by atoms with E-state index in [1.165, 1.54) is 16.7 Å². The van der Waals surface area contributed by atoms with Crippen molar-refractivity contribution in [2.24, 2.45) is 0 Å². The fourth-order valence-corrected chi connectivity index (χ4v) is 1.56. The summed E-state index contributed by atoms with van der Waals surface area (Å²) in [6.07, 6.45) is 1.11. The van der Waals surface area contributed by atoms with Gasteiger partial charge in [-0.15, -0.1) is 0 Å². The molecule has 0 nitrogen and oxygen atoms in total. The Morgan fingerprint density at radius 1 is 0.688 bits per heavy atom. The summed E-state index contributed by atoms with van der Waals surface area (Å²) < 4.78 is 0. The molecule has 0 fully saturated rings. The maximum Gasteiger partial charge on any atom is -0.0184 e. The molecule has 0 unspecified atom stereocenters. The number of benzene rings is 2. The normalized spacial score (nSPS) is 8.81. The van der Waals surface area contributed by atoms with Crippen LogP contribution in [0.3, 0.4) is 0 Å². The van der Waals surface area contributed by atoms with Crippen LogP contribution < -0.4 is 0 Å². The number of rotatable bonds is 2. The van der Waals surface area contributed by atoms with Crippen molar-refractivity contribution in [1.29, 1.82) is 0 Å². The van der Waals surface area contributed by atoms with Crippen LogP contribution in [0.25, 0.3) is 11.1 Å². The molecule has 2 aromatic rings. The van der Waals surface area contributed by atoms with Crippen LogP contribution in [-0.4, -0.2) is 0 Å². The van der Waals surface area contributed by atoms with Crippen LogP contribution in [0.4, 0.5) is 0 Å². The summed E-state index contributed by atoms with van der Waals surface area (Å²) in [4.78, 5) is 0. The first kappa shape index (κ1) is 14.4. The minimum Gasteiger partial charge on any atom is -0.0776 e. The average molecular weight is 214 g/mol. The van der Waals surface area contributed by atoms with Crippen LogP contribution in [0.15, 0.2) is 54.6 Å². The van der Waals surface area contributed by atoms with E-state index in [0.717, 1.165) is 6.42 Å². The molecule has 2 rings (SSSR count). The maximum atomic E-state index is 2.20. The minimum atomic E-state index is 0. The van der Waals surface area contributed by atoms with Gasteiger partial charge in [-0.05, 0) is 23.1 Å². The van der Waals surface area contributed by atoms with Gasteiger partial charge in [0.1, 0.15) is 0 Å². The summed E-state index contributed by atoms with van der Waals surface area (Å²) in [5.41, 5.74) is 3.97. The van der Waals surface area contributed by atoms with Crippen molar-refractivity contribution in [3.63, 3.8) is 0 Å². The molecule has 0 amide bonds. The summed E-state index contributed by atoms with van der Waals surface area (Å²) in [5, 5.41) is 0. The van der Waals surface area contributed by atoms with Gasteiger partial charge in [0.15, 0.2) is 0 Å². The lowest BCUT2D eigenvalue weighted by Gasteiger charge is -2.02. The third-order valence-electron chi connectivity index (χ3n) is 2.47. The summed E-state index contributed by atoms with van der Waals surface area (Å²) in [6, 6.07) is 19.2. The van der Waals surface area contributed by atoms with Crippen molar-refractivity contribution < 1.29 is 0 Å². The maximum absolute atomic E-state index is 2.20. The van der Waals surface area contributed by atoms with Gasteiger partial charge >= 0.3 is 0 Å². The molecule has 0 heteroatoms. The van der Waals surface area contributed by atoms with Crippen LogP contribution in [0.2, 0.25) is 0 Å². The van der Waals surface area contributed by atoms with Gasteiger partial charge < -0.3 is 0 Å². The monoisotopic (exact) mass is 214 g/mol. The van der Waals surface area contributed by atoms with Crippen LogP contribution in [0, 0.1) is 0 Å². The van der Waals surface area contributed by atoms with Crippen LogP contribution >= 0.6 is 0 Å². The second kappa shape index (κ2) is 6.84. The highest BCUT2D eigenvalue weighted by molar-refractivity contribution is 5.63. The van der Waals surface area contributed by atoms with E-state index in [4.69, 9.17) is 0 Å². The molecule has 0 saturated heterocycles. The number of hydrogen-bond acceptors (Lipinski definition) is 0. The predicted octanol–water partition coefficient (Wildman–Crippen LogP) is 5.19. The lowest BCUT2D eigenvalue weighted by atomic mass is 10.0. The molecule has 0 N–H and O–H groups in total. The zero-order valence-corrected chi connectivity index (χ0v) is 8.40. The van der Waals surface area contributed by atoms with Crippen molar-refractivity contribution in [3.8, 4) is 11.1 Å². The highest BCUT2D eigenvalue weighted by Gasteiger charge is 1.95. The molecule has 0 heterocycles. The zero-order valence-electron chi connectivity index (χ0n) is 8.40. The molecule has 0 aliphatic heterocycles. The Hall–Kier alpha value is -1.56. The number of hydrogen-bond donors (Lipinski definition) is 0. The van der Waals surface area contributed by atoms with Gasteiger partial charge in [0.05, 0.1) is 0 Å². The Labute approximate surface area is 100.0 Å². The Bertz CT molecular complexity index is 384. The van der Waals surface area contributed by atoms with E-state index in [0.29, 0.717) is 0 Å². The molecular weight excluding hydrogens is 192 g/mol. The van der Waals surface area contributed by atoms with Crippen LogP contribution in [0.1, 0.15) is 27.3 Å². The molecule has 0 spiro atoms. The molecule has 0 bridgehead atoms. The summed E-state index contributed by atoms with van der Waals surface area (Å²) in [5.74, 6) is 0. The predicted molar refractivity (Wildman–Crippen MR) is 74.7 cm³/mol. The van der Waals surface area contributed by atoms with E-state index in [9.17, 15) is 0 Å². The smallest absolute Gasteiger partial charge is 0.0184 e. The van der Waals surface area contributed by atoms with Gasteiger partial charge in [0.25, 0.3) is 0 Å². The van der Waals surface area contributed by atoms with Gasteiger partial charge in [0.2, 0.25) is 0 Å². The van der Waals surface area contributed by atoms with Gasteiger partial charge in [-0.3, -0.25) is 0 Å². The molecule has 0 atom stereocenters. The molecule has 0 aliphatic rings. The molecule has 2 aromatic carbocycles. The minimum absolute atomic E-state index is 0. The summed E-state index contributed by atoms with van der Waals surface area (Å²) in [7, 11) is 0. The topological polar surface area (TPSA) is 0 Å². The molecule has 16 heavy (non-hydrogen) atoms. The van der Waals surface area contributed by atoms with E-state index < -0.39 is 0 Å². The highest BCUT2D eigenvalue weighted by Crippen LogP contribution is 2.19. The van der Waals surface area contributed by atoms with Crippen molar-refractivity contribution in [3.05, 3.63) is 60.2 Å². The second-order valence-corrected chi connectivity index (χ2v) is 3.42. The Kier molecular flexibility index (Phi) is 6.17. The standard InChI is InChI=1S/C14H14.2CH4/c1-2-12-8-10-14(11-9-12)13-6-4-3-5-7-13;;/h3-11H,2H2,1H3;2*1H4. The van der Waals surface area contributed by atoms with E-state index in [1.807, 2.05) is 6.07 Å². The second-order valence-electron chi connectivity index (χ2n) is 3.42. The highest BCUT2D eigenvalue weighted by atomic mass is 14.0. The van der Waals surface area contributed by atoms with Crippen LogP contribution in [0.5, 0.6) is 0 Å². The first-order chi connectivity index (χ1) is 6.90. The Balaban J connectivity index is 0.00000112. The third kappa shape index (κ3) is 3.23. The molecule has 0 saturated carbocycles. The van der Waals surface area contributed by atoms with Crippen molar-refractivity contribution in [2.45, 2.75) is 28.2 Å². The first-order valence-electron chi connectivity index (χ1n) is 5.04. The quantitative estimate of drug-likeness (QED) is 0.645. The fourth-order valence-electron chi connectivity index (χ4n) is 1.56. The molecule has 0 aliphatic carbocycles. The lowest BCUT2D eigenvalue weighted by molar-refractivity contribution is 1.14. The van der Waals surface area contributed by atoms with E-state index in [1.54, 1.807) is 0 Å². The largest absolute Gasteiger partial charge is 0.0776 e. The van der Waals surface area contributed by atoms with Crippen molar-refractivity contribution in [2.75, 3.05) is 0 Å². The summed E-state index contributed by atoms with van der Waals surface area (Å²) in [6.45, 7) is 2.18. The van der Waals surface area contributed by atoms with Crippen molar-refractivity contribution >= 4 is 0 Å². The fraction of sp³-hybridized carbons (Fsp3) is 0.250. The van der Waals surface area contributed by atoms with E-state index in [-0.39, 0.29) is 14.9 Å². The molecule has 86 valence electrons. The zero-order chi connectivity index (χ0) is 9.80. The van der Waals surface area contributed by atoms with Gasteiger partial charge in [-0.2, -0.15) is 0 Å². The van der Waals surface area contributed by atoms with Crippen molar-refractivity contribution in [1.82, 2.24) is 0 Å². The molecule has 0 radical (unpaired) electrons. The lowest BCUT2D eigenvalue weighted by Crippen LogP contribution is -1.80. The third-order valence-corrected chi connectivity index (χ3v) is 2.47. The van der Waals surface area contributed by atoms with Gasteiger partial charge in [0, 0.05) is 0 Å². The first-order valence-corrected chi connectivity index (χ1v) is 5.04. The Morgan fingerprint density at radius 3 is 1.69 bits per heavy atom. The molecular formula is C16H22. The van der Waals surface area contributed by atoms with Crippen LogP contribution in [-0.2, 0) is 6.42 Å². The van der Waals surface area contributed by atoms with Gasteiger partial charge in [-0.25, -0.2) is 0 Å². The van der Waals surface area contributed by atoms with E-state index >= 15 is 0 Å². The molecule has 0 aromatic heterocycles. The van der Waals surface area contributed by atoms with Gasteiger partial charge in [-0.1, -0.05) is 76.4 Å². The summed E-state index contributed by atoms with van der Waals surface area (Å²) >= 11 is 0. The number of aryl methyl sites for hydroxylation is 1. The average Bonchev–Trinajstić information content (AvgIpc) is 2.30. The Morgan fingerprint density at radius 2 is 1.19 bits per heavy atom. The SMILES string of the molecule is C.C.CCc1ccc(-c2ccccc2)cc1.